The normalized spacial score (nSPS) is 15.2. The molecule has 46 heavy (non-hydrogen) atoms. The fourth-order valence-electron chi connectivity index (χ4n) is 5.16. The highest BCUT2D eigenvalue weighted by molar-refractivity contribution is 7.21. The zero-order valence-corrected chi connectivity index (χ0v) is 26.1. The van der Waals surface area contributed by atoms with Gasteiger partial charge in [0.1, 0.15) is 23.4 Å². The second-order valence-corrected chi connectivity index (χ2v) is 12.1. The zero-order chi connectivity index (χ0) is 32.4. The Morgan fingerprint density at radius 1 is 1.15 bits per heavy atom. The first kappa shape index (κ1) is 31.0. The van der Waals surface area contributed by atoms with Crippen LogP contribution in [0.15, 0.2) is 48.8 Å². The van der Waals surface area contributed by atoms with E-state index in [1.54, 1.807) is 30.2 Å². The molecule has 0 saturated carbocycles. The molecule has 0 bridgehead atoms. The van der Waals surface area contributed by atoms with E-state index < -0.39 is 18.0 Å². The van der Waals surface area contributed by atoms with E-state index in [0.717, 1.165) is 17.5 Å². The van der Waals surface area contributed by atoms with Crippen LogP contribution < -0.4 is 14.8 Å². The number of carbonyl (C=O) groups excluding carboxylic acids is 2. The number of hydrogen-bond donors (Lipinski definition) is 2. The Kier molecular flexibility index (Phi) is 8.90. The molecule has 0 spiro atoms. The minimum absolute atomic E-state index is 0.00459. The number of carbonyl (C=O) groups is 2. The molecule has 6 rings (SSSR count). The topological polar surface area (TPSA) is 149 Å². The van der Waals surface area contributed by atoms with Crippen molar-refractivity contribution in [1.82, 2.24) is 24.8 Å². The molecule has 2 aromatic carbocycles. The Morgan fingerprint density at radius 3 is 2.74 bits per heavy atom. The number of nitrogens with zero attached hydrogens (tertiary/aromatic N) is 5. The third-order valence-electron chi connectivity index (χ3n) is 7.49. The Balaban J connectivity index is 1.07. The molecule has 3 aromatic heterocycles. The molecule has 2 atom stereocenters. The van der Waals surface area contributed by atoms with E-state index in [0.29, 0.717) is 50.9 Å². The van der Waals surface area contributed by atoms with Crippen molar-refractivity contribution in [1.29, 1.82) is 0 Å². The van der Waals surface area contributed by atoms with Gasteiger partial charge in [0.2, 0.25) is 5.88 Å². The largest absolute Gasteiger partial charge is 0.487 e. The van der Waals surface area contributed by atoms with E-state index in [2.05, 4.69) is 25.3 Å². The van der Waals surface area contributed by atoms with Crippen molar-refractivity contribution in [3.8, 4) is 22.2 Å². The number of anilines is 1. The lowest BCUT2D eigenvalue weighted by molar-refractivity contribution is 0.0776. The van der Waals surface area contributed by atoms with Crippen LogP contribution in [0.2, 0.25) is 0 Å². The monoisotopic (exact) mass is 646 g/mol. The number of ether oxygens (including phenoxy) is 3. The summed E-state index contributed by atoms with van der Waals surface area (Å²) in [7, 11) is 1.53. The molecule has 2 N–H and O–H groups in total. The molecule has 1 aliphatic heterocycles. The van der Waals surface area contributed by atoms with Gasteiger partial charge in [0.05, 0.1) is 46.4 Å². The van der Waals surface area contributed by atoms with Crippen LogP contribution in [0.4, 0.5) is 14.9 Å². The predicted molar refractivity (Wildman–Crippen MR) is 170 cm³/mol. The summed E-state index contributed by atoms with van der Waals surface area (Å²) in [5, 5.41) is 12.5. The number of pyridine rings is 1. The zero-order valence-electron chi connectivity index (χ0n) is 25.3. The quantitative estimate of drug-likeness (QED) is 0.218. The molecular weight excluding hydrogens is 615 g/mol. The molecule has 238 valence electrons. The summed E-state index contributed by atoms with van der Waals surface area (Å²) in [5.74, 6) is -0.332. The van der Waals surface area contributed by atoms with Crippen molar-refractivity contribution in [3.05, 3.63) is 65.9 Å². The molecule has 0 radical (unpaired) electrons. The summed E-state index contributed by atoms with van der Waals surface area (Å²) in [4.78, 5) is 44.5. The molecule has 1 fully saturated rings. The first-order valence-electron chi connectivity index (χ1n) is 14.6. The van der Waals surface area contributed by atoms with Gasteiger partial charge in [0.25, 0.3) is 5.91 Å². The van der Waals surface area contributed by atoms with Gasteiger partial charge in [-0.2, -0.15) is 0 Å². The van der Waals surface area contributed by atoms with Crippen LogP contribution in [0.1, 0.15) is 29.4 Å². The maximum Gasteiger partial charge on any atom is 0.412 e. The Morgan fingerprint density at radius 2 is 2.00 bits per heavy atom. The predicted octanol–water partition coefficient (Wildman–Crippen LogP) is 5.23. The molecule has 2 amide bonds. The molecule has 0 aliphatic carbocycles. The maximum atomic E-state index is 15.0. The maximum absolute atomic E-state index is 15.0. The van der Waals surface area contributed by atoms with Gasteiger partial charge in [-0.25, -0.2) is 29.1 Å². The van der Waals surface area contributed by atoms with Crippen LogP contribution >= 0.6 is 11.3 Å². The van der Waals surface area contributed by atoms with Crippen LogP contribution in [0.25, 0.3) is 31.8 Å². The number of benzene rings is 2. The lowest BCUT2D eigenvalue weighted by Gasteiger charge is -2.16. The van der Waals surface area contributed by atoms with Crippen LogP contribution in [0.3, 0.4) is 0 Å². The first-order chi connectivity index (χ1) is 22.2. The van der Waals surface area contributed by atoms with Crippen molar-refractivity contribution < 1.29 is 33.3 Å². The van der Waals surface area contributed by atoms with Crippen molar-refractivity contribution in [3.63, 3.8) is 0 Å². The second-order valence-electron chi connectivity index (χ2n) is 11.0. The molecule has 14 heteroatoms. The Labute approximate surface area is 267 Å². The summed E-state index contributed by atoms with van der Waals surface area (Å²) in [6.07, 6.45) is 2.19. The van der Waals surface area contributed by atoms with E-state index in [-0.39, 0.29) is 36.5 Å². The average molecular weight is 647 g/mol. The van der Waals surface area contributed by atoms with Crippen LogP contribution in [0, 0.1) is 18.7 Å². The summed E-state index contributed by atoms with van der Waals surface area (Å²) >= 11 is 1.37. The number of fused-ring (bicyclic) bond motifs is 2. The van der Waals surface area contributed by atoms with Gasteiger partial charge in [-0.3, -0.25) is 10.1 Å². The average Bonchev–Trinajstić information content (AvgIpc) is 3.70. The van der Waals surface area contributed by atoms with Gasteiger partial charge in [-0.15, -0.1) is 11.3 Å². The van der Waals surface area contributed by atoms with Gasteiger partial charge in [-0.05, 0) is 50.1 Å². The van der Waals surface area contributed by atoms with Gasteiger partial charge < -0.3 is 24.2 Å². The SMILES string of the molecule is COc1cnc2c(-c3nc4cc(F)c(OC[C@@H](C)OC(=O)Nc5ccc(C(=O)N6CC[C@@H](CO)C6)nc5)cc4s3)cc(C)cc2n1. The highest BCUT2D eigenvalue weighted by atomic mass is 32.1. The number of nitrogens with one attached hydrogen (secondary N) is 1. The molecular formula is C32H31FN6O6S. The summed E-state index contributed by atoms with van der Waals surface area (Å²) < 4.78 is 32.0. The number of halogens is 1. The van der Waals surface area contributed by atoms with E-state index in [1.165, 1.54) is 36.8 Å². The molecule has 0 unspecified atom stereocenters. The van der Waals surface area contributed by atoms with Crippen molar-refractivity contribution in [2.45, 2.75) is 26.4 Å². The van der Waals surface area contributed by atoms with Crippen LogP contribution in [-0.2, 0) is 4.74 Å². The van der Waals surface area contributed by atoms with Gasteiger partial charge >= 0.3 is 6.09 Å². The van der Waals surface area contributed by atoms with Gasteiger partial charge in [-0.1, -0.05) is 0 Å². The van der Waals surface area contributed by atoms with E-state index in [4.69, 9.17) is 14.2 Å². The Hall–Kier alpha value is -4.95. The van der Waals surface area contributed by atoms with Crippen molar-refractivity contribution in [2.75, 3.05) is 38.7 Å². The number of thiazole rings is 1. The highest BCUT2D eigenvalue weighted by Gasteiger charge is 2.27. The van der Waals surface area contributed by atoms with E-state index >= 15 is 0 Å². The lowest BCUT2D eigenvalue weighted by Crippen LogP contribution is -2.30. The molecule has 4 heterocycles. The van der Waals surface area contributed by atoms with E-state index in [9.17, 15) is 19.1 Å². The van der Waals surface area contributed by atoms with Crippen LogP contribution in [0.5, 0.6) is 11.6 Å². The molecule has 1 aliphatic rings. The smallest absolute Gasteiger partial charge is 0.412 e. The number of aliphatic hydroxyl groups is 1. The third kappa shape index (κ3) is 6.67. The summed E-state index contributed by atoms with van der Waals surface area (Å²) in [5.41, 5.74) is 4.13. The standard InChI is InChI=1S/C32H31FN6O6S/c1-17-8-21(29-25(9-17)37-28(43-3)13-35-29)30-38-24-10-22(33)26(11-27(24)46-30)44-16-18(2)45-32(42)36-20-4-5-23(34-12-20)31(41)39-7-6-19(14-39)15-40/h4-5,8-13,18-19,40H,6-7,14-16H2,1-3H3,(H,36,42)/t18-,19-/m1/s1. The number of aromatic nitrogens is 4. The Bertz CT molecular complexity index is 1920. The number of rotatable bonds is 9. The molecule has 5 aromatic rings. The minimum atomic E-state index is -0.753. The fourth-order valence-corrected chi connectivity index (χ4v) is 6.15. The van der Waals surface area contributed by atoms with Crippen LogP contribution in [-0.4, -0.2) is 81.5 Å². The number of amides is 2. The minimum Gasteiger partial charge on any atom is -0.487 e. The third-order valence-corrected chi connectivity index (χ3v) is 8.54. The highest BCUT2D eigenvalue weighted by Crippen LogP contribution is 2.37. The first-order valence-corrected chi connectivity index (χ1v) is 15.4. The number of likely N-dealkylation sites (tertiary alicyclic amines) is 1. The molecule has 1 saturated heterocycles. The van der Waals surface area contributed by atoms with Gasteiger partial charge in [0, 0.05) is 43.3 Å². The summed E-state index contributed by atoms with van der Waals surface area (Å²) in [6, 6.07) is 9.84. The number of methoxy groups -OCH3 is 1. The van der Waals surface area contributed by atoms with E-state index in [1.807, 2.05) is 19.1 Å². The summed E-state index contributed by atoms with van der Waals surface area (Å²) in [6.45, 7) is 4.57. The van der Waals surface area contributed by atoms with Gasteiger partial charge in [0.15, 0.2) is 11.6 Å². The van der Waals surface area contributed by atoms with Crippen molar-refractivity contribution >= 4 is 50.3 Å². The van der Waals surface area contributed by atoms with Crippen molar-refractivity contribution in [2.24, 2.45) is 5.92 Å². The number of hydrogen-bond acceptors (Lipinski definition) is 11. The second kappa shape index (κ2) is 13.2. The number of aryl methyl sites for hydroxylation is 1. The fraction of sp³-hybridized carbons (Fsp3) is 0.312. The number of aliphatic hydroxyl groups excluding tert-OH is 1. The lowest BCUT2D eigenvalue weighted by atomic mass is 10.1. The molecule has 12 nitrogen and oxygen atoms in total.